The van der Waals surface area contributed by atoms with Crippen LogP contribution in [0.15, 0.2) is 42.7 Å². The average molecular weight is 268 g/mol. The number of benzene rings is 1. The fourth-order valence-electron chi connectivity index (χ4n) is 2.26. The van der Waals surface area contributed by atoms with Crippen molar-refractivity contribution < 1.29 is 4.39 Å². The number of hydrogen-bond donors (Lipinski definition) is 2. The summed E-state index contributed by atoms with van der Waals surface area (Å²) in [5, 5.41) is 6.92. The van der Waals surface area contributed by atoms with Crippen LogP contribution < -0.4 is 5.73 Å². The highest BCUT2D eigenvalue weighted by Crippen LogP contribution is 2.34. The minimum Gasteiger partial charge on any atom is -0.382 e. The van der Waals surface area contributed by atoms with Gasteiger partial charge in [-0.15, -0.1) is 0 Å². The monoisotopic (exact) mass is 268 g/mol. The number of rotatable bonds is 2. The Morgan fingerprint density at radius 2 is 1.85 bits per heavy atom. The van der Waals surface area contributed by atoms with E-state index in [4.69, 9.17) is 5.73 Å². The third kappa shape index (κ3) is 2.14. The highest BCUT2D eigenvalue weighted by atomic mass is 19.1. The van der Waals surface area contributed by atoms with Crippen molar-refractivity contribution in [3.63, 3.8) is 0 Å². The lowest BCUT2D eigenvalue weighted by Crippen LogP contribution is -1.90. The first kappa shape index (κ1) is 12.3. The molecule has 0 fully saturated rings. The number of anilines is 1. The number of H-pyrrole nitrogens is 1. The molecule has 0 aliphatic heterocycles. The quantitative estimate of drug-likeness (QED) is 0.750. The minimum absolute atomic E-state index is 0.283. The summed E-state index contributed by atoms with van der Waals surface area (Å²) in [6, 6.07) is 8.52. The maximum absolute atomic E-state index is 13.6. The van der Waals surface area contributed by atoms with Crippen molar-refractivity contribution in [1.29, 1.82) is 0 Å². The molecule has 100 valence electrons. The average Bonchev–Trinajstić information content (AvgIpc) is 2.80. The van der Waals surface area contributed by atoms with E-state index in [1.165, 1.54) is 12.1 Å². The molecule has 5 heteroatoms. The Labute approximate surface area is 115 Å². The van der Waals surface area contributed by atoms with Crippen LogP contribution in [0.5, 0.6) is 0 Å². The largest absolute Gasteiger partial charge is 0.382 e. The van der Waals surface area contributed by atoms with Crippen LogP contribution in [0.1, 0.15) is 5.56 Å². The van der Waals surface area contributed by atoms with Gasteiger partial charge < -0.3 is 5.73 Å². The topological polar surface area (TPSA) is 67.6 Å². The van der Waals surface area contributed by atoms with Gasteiger partial charge in [0, 0.05) is 18.0 Å². The van der Waals surface area contributed by atoms with Gasteiger partial charge in [-0.05, 0) is 48.4 Å². The van der Waals surface area contributed by atoms with Crippen LogP contribution in [-0.4, -0.2) is 15.2 Å². The van der Waals surface area contributed by atoms with Crippen molar-refractivity contribution in [2.75, 3.05) is 5.73 Å². The second kappa shape index (κ2) is 4.77. The molecule has 4 nitrogen and oxygen atoms in total. The molecule has 0 radical (unpaired) electrons. The van der Waals surface area contributed by atoms with Crippen molar-refractivity contribution in [3.8, 4) is 22.4 Å². The van der Waals surface area contributed by atoms with E-state index in [9.17, 15) is 4.39 Å². The van der Waals surface area contributed by atoms with Crippen LogP contribution in [0.3, 0.4) is 0 Å². The van der Waals surface area contributed by atoms with Crippen LogP contribution in [0.2, 0.25) is 0 Å². The zero-order chi connectivity index (χ0) is 14.1. The van der Waals surface area contributed by atoms with Gasteiger partial charge in [0.2, 0.25) is 0 Å². The molecule has 0 spiro atoms. The highest BCUT2D eigenvalue weighted by molar-refractivity contribution is 5.87. The van der Waals surface area contributed by atoms with Gasteiger partial charge in [0.1, 0.15) is 5.82 Å². The zero-order valence-corrected chi connectivity index (χ0v) is 10.9. The second-order valence-corrected chi connectivity index (χ2v) is 4.61. The highest BCUT2D eigenvalue weighted by Gasteiger charge is 2.15. The van der Waals surface area contributed by atoms with Gasteiger partial charge in [-0.2, -0.15) is 5.10 Å². The van der Waals surface area contributed by atoms with Crippen molar-refractivity contribution in [3.05, 3.63) is 54.1 Å². The van der Waals surface area contributed by atoms with Crippen LogP contribution >= 0.6 is 0 Å². The van der Waals surface area contributed by atoms with Gasteiger partial charge in [-0.3, -0.25) is 10.1 Å². The fraction of sp³-hybridized carbons (Fsp3) is 0.0667. The number of nitrogens with one attached hydrogen (secondary N) is 1. The summed E-state index contributed by atoms with van der Waals surface area (Å²) in [5.74, 6) is 0.0990. The molecule has 2 heterocycles. The lowest BCUT2D eigenvalue weighted by molar-refractivity contribution is 0.627. The molecule has 0 aliphatic rings. The first-order valence-electron chi connectivity index (χ1n) is 6.17. The lowest BCUT2D eigenvalue weighted by atomic mass is 10.0. The molecule has 0 atom stereocenters. The number of halogens is 1. The van der Waals surface area contributed by atoms with Crippen LogP contribution in [0.4, 0.5) is 10.2 Å². The van der Waals surface area contributed by atoms with Crippen molar-refractivity contribution in [2.24, 2.45) is 0 Å². The zero-order valence-electron chi connectivity index (χ0n) is 10.9. The summed E-state index contributed by atoms with van der Waals surface area (Å²) in [5.41, 5.74) is 9.85. The van der Waals surface area contributed by atoms with Crippen molar-refractivity contribution >= 4 is 5.82 Å². The van der Waals surface area contributed by atoms with E-state index in [0.717, 1.165) is 22.3 Å². The van der Waals surface area contributed by atoms with Crippen LogP contribution in [0, 0.1) is 12.7 Å². The third-order valence-electron chi connectivity index (χ3n) is 3.09. The maximum atomic E-state index is 13.6. The molecule has 0 amide bonds. The number of aryl methyl sites for hydroxylation is 1. The van der Waals surface area contributed by atoms with Gasteiger partial charge >= 0.3 is 0 Å². The summed E-state index contributed by atoms with van der Waals surface area (Å²) in [7, 11) is 0. The summed E-state index contributed by atoms with van der Waals surface area (Å²) >= 11 is 0. The van der Waals surface area contributed by atoms with Crippen LogP contribution in [0.25, 0.3) is 22.4 Å². The molecule has 0 saturated heterocycles. The van der Waals surface area contributed by atoms with E-state index in [2.05, 4.69) is 15.2 Å². The normalized spacial score (nSPS) is 10.7. The first-order chi connectivity index (χ1) is 9.65. The number of aromatic amines is 1. The van der Waals surface area contributed by atoms with E-state index in [-0.39, 0.29) is 5.82 Å². The first-order valence-corrected chi connectivity index (χ1v) is 6.17. The van der Waals surface area contributed by atoms with Gasteiger partial charge in [-0.1, -0.05) is 0 Å². The summed E-state index contributed by atoms with van der Waals surface area (Å²) < 4.78 is 13.6. The number of pyridine rings is 1. The Balaban J connectivity index is 2.21. The predicted molar refractivity (Wildman–Crippen MR) is 76.4 cm³/mol. The molecule has 3 aromatic rings. The molecule has 1 aromatic carbocycles. The SMILES string of the molecule is Cc1cc(F)cc(-c2[nH]nc(N)c2-c2ccncc2)c1. The molecule has 0 unspecified atom stereocenters. The Morgan fingerprint density at radius 1 is 1.10 bits per heavy atom. The Bertz CT molecular complexity index is 730. The Morgan fingerprint density at radius 3 is 2.55 bits per heavy atom. The molecular formula is C15H13FN4. The summed E-state index contributed by atoms with van der Waals surface area (Å²) in [6.07, 6.45) is 3.37. The molecule has 0 saturated carbocycles. The van der Waals surface area contributed by atoms with Gasteiger partial charge in [-0.25, -0.2) is 4.39 Å². The van der Waals surface area contributed by atoms with E-state index in [1.54, 1.807) is 12.4 Å². The Kier molecular flexibility index (Phi) is 2.95. The summed E-state index contributed by atoms with van der Waals surface area (Å²) in [4.78, 5) is 3.98. The number of nitrogens with zero attached hydrogens (tertiary/aromatic N) is 2. The maximum Gasteiger partial charge on any atom is 0.153 e. The van der Waals surface area contributed by atoms with E-state index >= 15 is 0 Å². The van der Waals surface area contributed by atoms with Crippen molar-refractivity contribution in [1.82, 2.24) is 15.2 Å². The van der Waals surface area contributed by atoms with Gasteiger partial charge in [0.05, 0.1) is 11.3 Å². The number of hydrogen-bond acceptors (Lipinski definition) is 3. The second-order valence-electron chi connectivity index (χ2n) is 4.61. The van der Waals surface area contributed by atoms with Crippen molar-refractivity contribution in [2.45, 2.75) is 6.92 Å². The molecular weight excluding hydrogens is 255 g/mol. The van der Waals surface area contributed by atoms with Gasteiger partial charge in [0.15, 0.2) is 5.82 Å². The fourth-order valence-corrected chi connectivity index (χ4v) is 2.26. The molecule has 3 N–H and O–H groups in total. The molecule has 0 aliphatic carbocycles. The molecule has 20 heavy (non-hydrogen) atoms. The lowest BCUT2D eigenvalue weighted by Gasteiger charge is -2.06. The predicted octanol–water partition coefficient (Wildman–Crippen LogP) is 3.17. The van der Waals surface area contributed by atoms with Crippen LogP contribution in [-0.2, 0) is 0 Å². The van der Waals surface area contributed by atoms with E-state index in [0.29, 0.717) is 11.5 Å². The Hall–Kier alpha value is -2.69. The molecule has 2 aromatic heterocycles. The minimum atomic E-state index is -0.283. The third-order valence-corrected chi connectivity index (χ3v) is 3.09. The van der Waals surface area contributed by atoms with E-state index < -0.39 is 0 Å². The standard InChI is InChI=1S/C15H13FN4/c1-9-6-11(8-12(16)7-9)14-13(15(17)20-19-14)10-2-4-18-5-3-10/h2-8H,1H3,(H3,17,19,20). The molecule has 3 rings (SSSR count). The smallest absolute Gasteiger partial charge is 0.153 e. The number of nitrogens with two attached hydrogens (primary N) is 1. The number of nitrogen functional groups attached to an aromatic ring is 1. The van der Waals surface area contributed by atoms with Gasteiger partial charge in [0.25, 0.3) is 0 Å². The molecule has 0 bridgehead atoms. The van der Waals surface area contributed by atoms with E-state index in [1.807, 2.05) is 25.1 Å². The number of aromatic nitrogens is 3. The summed E-state index contributed by atoms with van der Waals surface area (Å²) in [6.45, 7) is 1.85.